The van der Waals surface area contributed by atoms with E-state index in [0.29, 0.717) is 0 Å². The molecule has 0 spiro atoms. The van der Waals surface area contributed by atoms with Gasteiger partial charge >= 0.3 is 11.8 Å². The van der Waals surface area contributed by atoms with E-state index in [-0.39, 0.29) is 11.7 Å². The summed E-state index contributed by atoms with van der Waals surface area (Å²) in [5.41, 5.74) is 0. The molecule has 0 aliphatic carbocycles. The summed E-state index contributed by atoms with van der Waals surface area (Å²) in [4.78, 5) is 20.6. The van der Waals surface area contributed by atoms with Gasteiger partial charge in [0.25, 0.3) is 0 Å². The van der Waals surface area contributed by atoms with Crippen LogP contribution < -0.4 is 0 Å². The first-order chi connectivity index (χ1) is 6.93. The molecule has 0 aromatic carbocycles. The van der Waals surface area contributed by atoms with E-state index in [1.54, 1.807) is 13.8 Å². The normalized spacial score (nSPS) is 12.7. The van der Waals surface area contributed by atoms with Crippen LogP contribution in [0.3, 0.4) is 0 Å². The summed E-state index contributed by atoms with van der Waals surface area (Å²) in [6.07, 6.45) is 1.30. The molecular formula is C8H11N3O4. The summed E-state index contributed by atoms with van der Waals surface area (Å²) >= 11 is 0. The average molecular weight is 213 g/mol. The van der Waals surface area contributed by atoms with Crippen molar-refractivity contribution < 1.29 is 14.8 Å². The van der Waals surface area contributed by atoms with Crippen LogP contribution in [0.1, 0.15) is 19.9 Å². The molecule has 1 unspecified atom stereocenters. The van der Waals surface area contributed by atoms with Crippen molar-refractivity contribution in [3.05, 3.63) is 22.4 Å². The second kappa shape index (κ2) is 4.07. The summed E-state index contributed by atoms with van der Waals surface area (Å²) < 4.78 is 1.10. The fourth-order valence-corrected chi connectivity index (χ4v) is 1.28. The van der Waals surface area contributed by atoms with Crippen molar-refractivity contribution in [2.45, 2.75) is 19.9 Å². The summed E-state index contributed by atoms with van der Waals surface area (Å²) in [6, 6.07) is 0.303. The molecule has 7 nitrogen and oxygen atoms in total. The lowest BCUT2D eigenvalue weighted by molar-refractivity contribution is -0.389. The van der Waals surface area contributed by atoms with Gasteiger partial charge < -0.3 is 15.2 Å². The number of rotatable bonds is 4. The molecule has 1 rings (SSSR count). The van der Waals surface area contributed by atoms with Gasteiger partial charge in [0.2, 0.25) is 0 Å². The molecule has 0 fully saturated rings. The second-order valence-corrected chi connectivity index (χ2v) is 3.44. The maximum absolute atomic E-state index is 10.9. The molecule has 0 radical (unpaired) electrons. The van der Waals surface area contributed by atoms with Gasteiger partial charge in [0.1, 0.15) is 0 Å². The molecule has 15 heavy (non-hydrogen) atoms. The van der Waals surface area contributed by atoms with Gasteiger partial charge in [0.05, 0.1) is 17.4 Å². The molecular weight excluding hydrogens is 202 g/mol. The zero-order chi connectivity index (χ0) is 11.6. The lowest BCUT2D eigenvalue weighted by atomic mass is 10.1. The van der Waals surface area contributed by atoms with Crippen molar-refractivity contribution >= 4 is 11.8 Å². The van der Waals surface area contributed by atoms with Crippen LogP contribution in [0.15, 0.2) is 12.3 Å². The highest BCUT2D eigenvalue weighted by atomic mass is 16.6. The van der Waals surface area contributed by atoms with E-state index < -0.39 is 16.9 Å². The molecule has 1 atom stereocenters. The Morgan fingerprint density at radius 2 is 2.27 bits per heavy atom. The Kier molecular flexibility index (Phi) is 3.03. The lowest BCUT2D eigenvalue weighted by Gasteiger charge is -2.12. The number of hydrogen-bond acceptors (Lipinski definition) is 4. The van der Waals surface area contributed by atoms with Gasteiger partial charge in [-0.2, -0.15) is 4.68 Å². The molecule has 0 saturated heterocycles. The van der Waals surface area contributed by atoms with Gasteiger partial charge in [-0.3, -0.25) is 0 Å². The molecule has 0 aliphatic rings. The first-order valence-corrected chi connectivity index (χ1v) is 4.36. The third-order valence-electron chi connectivity index (χ3n) is 1.95. The van der Waals surface area contributed by atoms with Crippen LogP contribution in [0, 0.1) is 16.0 Å². The molecule has 1 N–H and O–H groups in total. The fraction of sp³-hybridized carbons (Fsp3) is 0.500. The predicted octanol–water partition coefficient (Wildman–Crippen LogP) is 1.07. The molecule has 0 amide bonds. The van der Waals surface area contributed by atoms with E-state index in [4.69, 9.17) is 5.11 Å². The summed E-state index contributed by atoms with van der Waals surface area (Å²) in [5.74, 6) is -1.59. The summed E-state index contributed by atoms with van der Waals surface area (Å²) in [7, 11) is 0. The van der Waals surface area contributed by atoms with Crippen molar-refractivity contribution in [2.24, 2.45) is 5.92 Å². The van der Waals surface area contributed by atoms with E-state index in [9.17, 15) is 14.9 Å². The van der Waals surface area contributed by atoms with Gasteiger partial charge in [-0.15, -0.1) is 0 Å². The minimum Gasteiger partial charge on any atom is -0.480 e. The minimum absolute atomic E-state index is 0.193. The number of carbonyl (C=O) groups is 1. The number of hydrogen-bond donors (Lipinski definition) is 1. The Labute approximate surface area is 85.5 Å². The summed E-state index contributed by atoms with van der Waals surface area (Å²) in [5, 5.41) is 22.9. The average Bonchev–Trinajstić information content (AvgIpc) is 2.51. The van der Waals surface area contributed by atoms with Crippen LogP contribution in [0.25, 0.3) is 0 Å². The molecule has 0 aliphatic heterocycles. The largest absolute Gasteiger partial charge is 0.480 e. The quantitative estimate of drug-likeness (QED) is 0.595. The highest BCUT2D eigenvalue weighted by Crippen LogP contribution is 2.19. The van der Waals surface area contributed by atoms with Gasteiger partial charge in [-0.05, 0) is 10.8 Å². The predicted molar refractivity (Wildman–Crippen MR) is 50.4 cm³/mol. The SMILES string of the molecule is CC(C)C(C(=O)O)n1ccc([N+](=O)[O-])n1. The Balaban J connectivity index is 3.02. The van der Waals surface area contributed by atoms with E-state index in [1.807, 2.05) is 0 Å². The number of nitrogens with zero attached hydrogens (tertiary/aromatic N) is 3. The zero-order valence-electron chi connectivity index (χ0n) is 8.32. The van der Waals surface area contributed by atoms with Crippen LogP contribution in [0.4, 0.5) is 5.82 Å². The maximum atomic E-state index is 10.9. The third kappa shape index (κ3) is 2.30. The Morgan fingerprint density at radius 1 is 1.67 bits per heavy atom. The van der Waals surface area contributed by atoms with E-state index in [1.165, 1.54) is 12.3 Å². The molecule has 0 bridgehead atoms. The molecule has 82 valence electrons. The van der Waals surface area contributed by atoms with Crippen LogP contribution in [0.5, 0.6) is 0 Å². The number of aliphatic carboxylic acids is 1. The van der Waals surface area contributed by atoms with Crippen LogP contribution in [-0.2, 0) is 4.79 Å². The van der Waals surface area contributed by atoms with Crippen LogP contribution in [-0.4, -0.2) is 25.8 Å². The molecule has 7 heteroatoms. The smallest absolute Gasteiger partial charge is 0.389 e. The van der Waals surface area contributed by atoms with Crippen LogP contribution in [0.2, 0.25) is 0 Å². The Morgan fingerprint density at radius 3 is 2.60 bits per heavy atom. The van der Waals surface area contributed by atoms with Crippen molar-refractivity contribution in [3.63, 3.8) is 0 Å². The van der Waals surface area contributed by atoms with E-state index in [0.717, 1.165) is 4.68 Å². The Hall–Kier alpha value is -1.92. The lowest BCUT2D eigenvalue weighted by Crippen LogP contribution is -2.24. The molecule has 1 aromatic rings. The zero-order valence-corrected chi connectivity index (χ0v) is 8.32. The topological polar surface area (TPSA) is 98.3 Å². The highest BCUT2D eigenvalue weighted by Gasteiger charge is 2.28. The Bertz CT molecular complexity index is 385. The molecule has 1 aromatic heterocycles. The maximum Gasteiger partial charge on any atom is 0.389 e. The monoisotopic (exact) mass is 213 g/mol. The van der Waals surface area contributed by atoms with Gasteiger partial charge in [-0.25, -0.2) is 4.79 Å². The first kappa shape index (κ1) is 11.2. The first-order valence-electron chi connectivity index (χ1n) is 4.36. The van der Waals surface area contributed by atoms with Crippen molar-refractivity contribution in [1.82, 2.24) is 9.78 Å². The van der Waals surface area contributed by atoms with Crippen molar-refractivity contribution in [3.8, 4) is 0 Å². The van der Waals surface area contributed by atoms with E-state index in [2.05, 4.69) is 5.10 Å². The number of nitro groups is 1. The van der Waals surface area contributed by atoms with Gasteiger partial charge in [-0.1, -0.05) is 13.8 Å². The number of carboxylic acids is 1. The summed E-state index contributed by atoms with van der Waals surface area (Å²) in [6.45, 7) is 3.43. The molecule has 0 saturated carbocycles. The van der Waals surface area contributed by atoms with Crippen molar-refractivity contribution in [1.29, 1.82) is 0 Å². The highest BCUT2D eigenvalue weighted by molar-refractivity contribution is 5.72. The van der Waals surface area contributed by atoms with Crippen molar-refractivity contribution in [2.75, 3.05) is 0 Å². The van der Waals surface area contributed by atoms with E-state index >= 15 is 0 Å². The van der Waals surface area contributed by atoms with Crippen LogP contribution >= 0.6 is 0 Å². The van der Waals surface area contributed by atoms with Gasteiger partial charge in [0, 0.05) is 0 Å². The second-order valence-electron chi connectivity index (χ2n) is 3.44. The minimum atomic E-state index is -1.05. The number of carboxylic acid groups (broad SMARTS) is 1. The van der Waals surface area contributed by atoms with Gasteiger partial charge in [0.15, 0.2) is 6.04 Å². The number of aromatic nitrogens is 2. The standard InChI is InChI=1S/C8H11N3O4/c1-5(2)7(8(12)13)10-4-3-6(9-10)11(14)15/h3-5,7H,1-2H3,(H,12,13). The fourth-order valence-electron chi connectivity index (χ4n) is 1.28. The third-order valence-corrected chi connectivity index (χ3v) is 1.95. The molecule has 1 heterocycles.